The molecule has 0 bridgehead atoms. The number of carbonyl (C=O) groups is 1. The molecule has 0 radical (unpaired) electrons. The van der Waals surface area contributed by atoms with Crippen molar-refractivity contribution in [3.8, 4) is 0 Å². The molecule has 1 aromatic carbocycles. The summed E-state index contributed by atoms with van der Waals surface area (Å²) in [7, 11) is 0. The predicted octanol–water partition coefficient (Wildman–Crippen LogP) is 2.11. The number of rotatable bonds is 5. The maximum absolute atomic E-state index is 13.8. The predicted molar refractivity (Wildman–Crippen MR) is 67.4 cm³/mol. The van der Waals surface area contributed by atoms with Crippen molar-refractivity contribution in [2.24, 2.45) is 0 Å². The molecule has 2 atom stereocenters. The van der Waals surface area contributed by atoms with Crippen LogP contribution in [-0.4, -0.2) is 33.2 Å². The van der Waals surface area contributed by atoms with Gasteiger partial charge >= 0.3 is 108 Å². The summed E-state index contributed by atoms with van der Waals surface area (Å²) in [6.45, 7) is 5.19. The van der Waals surface area contributed by atoms with Crippen molar-refractivity contribution < 1.29 is 13.9 Å². The second-order valence-electron chi connectivity index (χ2n) is 4.02. The Balaban J connectivity index is 2.52. The van der Waals surface area contributed by atoms with Gasteiger partial charge in [0.05, 0.1) is 0 Å². The Morgan fingerprint density at radius 1 is 1.24 bits per heavy atom. The van der Waals surface area contributed by atoms with E-state index in [9.17, 15) is 9.18 Å². The first-order chi connectivity index (χ1) is 8.00. The molecule has 0 N–H and O–H groups in total. The molecule has 0 heterocycles. The Kier molecular flexibility index (Phi) is 5.66. The van der Waals surface area contributed by atoms with E-state index in [2.05, 4.69) is 0 Å². The third kappa shape index (κ3) is 4.88. The van der Waals surface area contributed by atoms with Gasteiger partial charge < -0.3 is 0 Å². The van der Waals surface area contributed by atoms with Gasteiger partial charge in [-0.15, -0.1) is 0 Å². The van der Waals surface area contributed by atoms with Gasteiger partial charge in [0.25, 0.3) is 0 Å². The molecule has 1 aromatic rings. The van der Waals surface area contributed by atoms with Crippen LogP contribution in [0.25, 0.3) is 0 Å². The van der Waals surface area contributed by atoms with Gasteiger partial charge in [-0.3, -0.25) is 0 Å². The molecule has 0 fully saturated rings. The van der Waals surface area contributed by atoms with Crippen LogP contribution in [-0.2, 0) is 9.53 Å². The van der Waals surface area contributed by atoms with E-state index in [1.807, 2.05) is 30.3 Å². The summed E-state index contributed by atoms with van der Waals surface area (Å²) in [5.74, 6) is -0.745. The summed E-state index contributed by atoms with van der Waals surface area (Å²) in [6.07, 6.45) is -1.80. The van der Waals surface area contributed by atoms with E-state index in [0.29, 0.717) is 0 Å². The Labute approximate surface area is 108 Å². The maximum atomic E-state index is 13.8. The van der Waals surface area contributed by atoms with E-state index < -0.39 is 12.1 Å². The molecule has 17 heavy (non-hydrogen) atoms. The minimum absolute atomic E-state index is 0.0589. The molecule has 0 spiro atoms. The third-order valence-electron chi connectivity index (χ3n) is 2.05. The van der Waals surface area contributed by atoms with Gasteiger partial charge in [0.1, 0.15) is 0 Å². The second kappa shape index (κ2) is 6.77. The molecule has 0 saturated heterocycles. The molecule has 0 aliphatic carbocycles. The first-order valence-electron chi connectivity index (χ1n) is 5.57. The summed E-state index contributed by atoms with van der Waals surface area (Å²) in [6, 6.07) is 9.67. The number of hydrogen-bond acceptors (Lipinski definition) is 2. The molecule has 0 saturated carbocycles. The van der Waals surface area contributed by atoms with E-state index in [1.54, 1.807) is 20.8 Å². The SMILES string of the molecule is CC(C)OC(=O)C(F)C(C)[Se]c1ccccc1. The zero-order valence-electron chi connectivity index (χ0n) is 10.2. The van der Waals surface area contributed by atoms with Gasteiger partial charge in [-0.1, -0.05) is 0 Å². The molecule has 4 heteroatoms. The van der Waals surface area contributed by atoms with Crippen LogP contribution < -0.4 is 4.46 Å². The molecule has 2 nitrogen and oxygen atoms in total. The normalized spacial score (nSPS) is 14.4. The van der Waals surface area contributed by atoms with Crippen LogP contribution in [0.3, 0.4) is 0 Å². The molecule has 2 unspecified atom stereocenters. The molecule has 1 rings (SSSR count). The van der Waals surface area contributed by atoms with E-state index in [4.69, 9.17) is 4.74 Å². The standard InChI is InChI=1S/C13H17FO2Se/c1-9(2)16-13(15)12(14)10(3)17-11-7-5-4-6-8-11/h4-10,12H,1-3H3. The molecular weight excluding hydrogens is 286 g/mol. The van der Waals surface area contributed by atoms with Gasteiger partial charge in [0.15, 0.2) is 0 Å². The number of halogens is 1. The van der Waals surface area contributed by atoms with E-state index >= 15 is 0 Å². The van der Waals surface area contributed by atoms with Crippen LogP contribution >= 0.6 is 0 Å². The van der Waals surface area contributed by atoms with Gasteiger partial charge in [-0.05, 0) is 0 Å². The van der Waals surface area contributed by atoms with Crippen LogP contribution in [0.2, 0.25) is 4.82 Å². The summed E-state index contributed by atoms with van der Waals surface area (Å²) in [5, 5.41) is 0. The minimum atomic E-state index is -1.53. The average molecular weight is 303 g/mol. The number of carbonyl (C=O) groups excluding carboxylic acids is 1. The zero-order chi connectivity index (χ0) is 12.8. The summed E-state index contributed by atoms with van der Waals surface area (Å²) in [4.78, 5) is 11.1. The summed E-state index contributed by atoms with van der Waals surface area (Å²) in [5.41, 5.74) is 0. The number of hydrogen-bond donors (Lipinski definition) is 0. The summed E-state index contributed by atoms with van der Waals surface area (Å²) >= 11 is -0.0589. The van der Waals surface area contributed by atoms with Crippen molar-refractivity contribution in [3.05, 3.63) is 30.3 Å². The van der Waals surface area contributed by atoms with Crippen molar-refractivity contribution in [2.75, 3.05) is 0 Å². The van der Waals surface area contributed by atoms with Crippen LogP contribution in [0.5, 0.6) is 0 Å². The number of ether oxygens (including phenoxy) is 1. The van der Waals surface area contributed by atoms with Gasteiger partial charge in [-0.2, -0.15) is 0 Å². The number of benzene rings is 1. The molecule has 94 valence electrons. The molecular formula is C13H17FO2Se. The van der Waals surface area contributed by atoms with Crippen LogP contribution in [0.15, 0.2) is 30.3 Å². The van der Waals surface area contributed by atoms with Gasteiger partial charge in [-0.25, -0.2) is 0 Å². The van der Waals surface area contributed by atoms with Crippen molar-refractivity contribution in [1.29, 1.82) is 0 Å². The molecule has 0 aliphatic rings. The fourth-order valence-electron chi connectivity index (χ4n) is 1.26. The monoisotopic (exact) mass is 304 g/mol. The van der Waals surface area contributed by atoms with Gasteiger partial charge in [0, 0.05) is 0 Å². The van der Waals surface area contributed by atoms with Crippen molar-refractivity contribution in [1.82, 2.24) is 0 Å². The van der Waals surface area contributed by atoms with Crippen molar-refractivity contribution in [2.45, 2.75) is 37.9 Å². The van der Waals surface area contributed by atoms with E-state index in [1.165, 1.54) is 0 Å². The Bertz CT molecular complexity index is 354. The van der Waals surface area contributed by atoms with Gasteiger partial charge in [0.2, 0.25) is 0 Å². The number of alkyl halides is 1. The number of esters is 1. The quantitative estimate of drug-likeness (QED) is 0.615. The summed E-state index contributed by atoms with van der Waals surface area (Å²) < 4.78 is 19.7. The molecule has 0 aromatic heterocycles. The molecule has 0 amide bonds. The topological polar surface area (TPSA) is 26.3 Å². The fraction of sp³-hybridized carbons (Fsp3) is 0.462. The van der Waals surface area contributed by atoms with Crippen molar-refractivity contribution >= 4 is 25.4 Å². The second-order valence-corrected chi connectivity index (χ2v) is 7.07. The van der Waals surface area contributed by atoms with E-state index in [-0.39, 0.29) is 25.9 Å². The third-order valence-corrected chi connectivity index (χ3v) is 4.48. The fourth-order valence-corrected chi connectivity index (χ4v) is 3.31. The van der Waals surface area contributed by atoms with Crippen LogP contribution in [0.1, 0.15) is 20.8 Å². The Hall–Kier alpha value is -0.861. The van der Waals surface area contributed by atoms with Crippen LogP contribution in [0.4, 0.5) is 4.39 Å². The Morgan fingerprint density at radius 3 is 2.35 bits per heavy atom. The Morgan fingerprint density at radius 2 is 1.82 bits per heavy atom. The average Bonchev–Trinajstić information content (AvgIpc) is 2.28. The van der Waals surface area contributed by atoms with Crippen molar-refractivity contribution in [3.63, 3.8) is 0 Å². The first-order valence-corrected chi connectivity index (χ1v) is 7.41. The van der Waals surface area contributed by atoms with E-state index in [0.717, 1.165) is 4.46 Å². The first kappa shape index (κ1) is 14.2. The molecule has 0 aliphatic heterocycles. The zero-order valence-corrected chi connectivity index (χ0v) is 11.9. The van der Waals surface area contributed by atoms with Crippen LogP contribution in [0, 0.1) is 0 Å².